The third kappa shape index (κ3) is 27.5. The highest BCUT2D eigenvalue weighted by Crippen LogP contribution is 2.14. The molecule has 0 saturated carbocycles. The average molecular weight is 581 g/mol. The molecule has 0 fully saturated rings. The Balaban J connectivity index is 3.67. The molecule has 0 unspecified atom stereocenters. The largest absolute Gasteiger partial charge is 0.394 e. The molecule has 1 atom stereocenters. The van der Waals surface area contributed by atoms with Gasteiger partial charge in [0.2, 0.25) is 11.8 Å². The maximum Gasteiger partial charge on any atom is 0.247 e. The molecule has 0 aliphatic carbocycles. The summed E-state index contributed by atoms with van der Waals surface area (Å²) in [5, 5.41) is 12.5. The molecule has 244 valence electrons. The quantitative estimate of drug-likeness (QED) is 0.0778. The van der Waals surface area contributed by atoms with E-state index >= 15 is 0 Å². The number of hydrogen-bond donors (Lipinski definition) is 2. The number of nitrogens with one attached hydrogen (secondary N) is 1. The van der Waals surface area contributed by atoms with Gasteiger partial charge in [-0.3, -0.25) is 9.59 Å². The number of nitrogens with zero attached hydrogens (tertiary/aromatic N) is 1. The van der Waals surface area contributed by atoms with E-state index in [1.807, 2.05) is 0 Å². The van der Waals surface area contributed by atoms with Gasteiger partial charge in [-0.15, -0.1) is 0 Å². The number of aliphatic hydroxyl groups is 1. The van der Waals surface area contributed by atoms with Crippen molar-refractivity contribution in [1.29, 1.82) is 0 Å². The maximum absolute atomic E-state index is 12.7. The van der Waals surface area contributed by atoms with Crippen LogP contribution in [0.3, 0.4) is 0 Å². The highest BCUT2D eigenvalue weighted by Gasteiger charge is 2.22. The molecular formula is C36H72N2O3. The van der Waals surface area contributed by atoms with Crippen molar-refractivity contribution in [2.24, 2.45) is 0 Å². The number of hydrogen-bond acceptors (Lipinski definition) is 3. The van der Waals surface area contributed by atoms with E-state index in [0.29, 0.717) is 13.0 Å². The second kappa shape index (κ2) is 31.8. The Morgan fingerprint density at radius 3 is 1.20 bits per heavy atom. The van der Waals surface area contributed by atoms with Crippen molar-refractivity contribution in [1.82, 2.24) is 10.2 Å². The van der Waals surface area contributed by atoms with Crippen LogP contribution in [0.4, 0.5) is 0 Å². The number of unbranched alkanes of at least 4 members (excludes halogenated alkanes) is 25. The monoisotopic (exact) mass is 581 g/mol. The highest BCUT2D eigenvalue weighted by molar-refractivity contribution is 5.87. The molecule has 0 heterocycles. The maximum atomic E-state index is 12.7. The molecule has 0 aromatic carbocycles. The summed E-state index contributed by atoms with van der Waals surface area (Å²) < 4.78 is 0. The number of aliphatic hydroxyl groups excluding tert-OH is 1. The van der Waals surface area contributed by atoms with E-state index in [1.54, 1.807) is 11.9 Å². The van der Waals surface area contributed by atoms with Gasteiger partial charge in [-0.1, -0.05) is 174 Å². The summed E-state index contributed by atoms with van der Waals surface area (Å²) in [6.45, 7) is 4.88. The van der Waals surface area contributed by atoms with Crippen molar-refractivity contribution in [3.8, 4) is 0 Å². The zero-order valence-electron chi connectivity index (χ0n) is 28.0. The van der Waals surface area contributed by atoms with Crippen LogP contribution in [0.15, 0.2) is 0 Å². The fraction of sp³-hybridized carbons (Fsp3) is 0.944. The first-order valence-corrected chi connectivity index (χ1v) is 18.2. The molecule has 0 aromatic rings. The topological polar surface area (TPSA) is 69.6 Å². The number of likely N-dealkylation sites (N-methyl/N-ethyl adjacent to an activating group) is 1. The van der Waals surface area contributed by atoms with Gasteiger partial charge >= 0.3 is 0 Å². The summed E-state index contributed by atoms with van der Waals surface area (Å²) in [5.41, 5.74) is 0. The van der Waals surface area contributed by atoms with Crippen molar-refractivity contribution in [3.05, 3.63) is 0 Å². The number of amides is 2. The SMILES string of the molecule is CCCCCCCCCCCCCCCCCC(=O)N[C@@H](CO)C(=O)N(C)CCCCCCCCCCCCCC. The van der Waals surface area contributed by atoms with E-state index in [4.69, 9.17) is 0 Å². The summed E-state index contributed by atoms with van der Waals surface area (Å²) >= 11 is 0. The molecule has 0 aromatic heterocycles. The van der Waals surface area contributed by atoms with Gasteiger partial charge in [0.15, 0.2) is 0 Å². The van der Waals surface area contributed by atoms with Gasteiger partial charge in [0.25, 0.3) is 0 Å². The lowest BCUT2D eigenvalue weighted by atomic mass is 10.0. The molecule has 2 N–H and O–H groups in total. The van der Waals surface area contributed by atoms with Gasteiger partial charge in [0.05, 0.1) is 6.61 Å². The first-order chi connectivity index (χ1) is 20.1. The Bertz CT molecular complexity index is 569. The van der Waals surface area contributed by atoms with Crippen molar-refractivity contribution in [2.45, 2.75) is 200 Å². The molecule has 0 bridgehead atoms. The van der Waals surface area contributed by atoms with Gasteiger partial charge in [0, 0.05) is 20.0 Å². The Labute approximate surface area is 256 Å². The standard InChI is InChI=1S/C36H72N2O3/c1-4-6-8-10-12-14-16-18-19-20-21-23-25-27-29-31-35(40)37-34(33-39)36(41)38(3)32-30-28-26-24-22-17-15-13-11-9-7-5-2/h34,39H,4-33H2,1-3H3,(H,37,40)/t34-/m0/s1. The van der Waals surface area contributed by atoms with E-state index in [-0.39, 0.29) is 18.4 Å². The minimum atomic E-state index is -0.818. The predicted molar refractivity (Wildman–Crippen MR) is 177 cm³/mol. The van der Waals surface area contributed by atoms with Crippen LogP contribution in [0.5, 0.6) is 0 Å². The van der Waals surface area contributed by atoms with Crippen LogP contribution < -0.4 is 5.32 Å². The highest BCUT2D eigenvalue weighted by atomic mass is 16.3. The lowest BCUT2D eigenvalue weighted by molar-refractivity contribution is -0.136. The molecule has 5 heteroatoms. The molecule has 41 heavy (non-hydrogen) atoms. The summed E-state index contributed by atoms with van der Waals surface area (Å²) in [4.78, 5) is 26.7. The predicted octanol–water partition coefficient (Wildman–Crippen LogP) is 9.88. The lowest BCUT2D eigenvalue weighted by Gasteiger charge is -2.23. The summed E-state index contributed by atoms with van der Waals surface area (Å²) in [5.74, 6) is -0.300. The molecule has 0 saturated heterocycles. The van der Waals surface area contributed by atoms with Gasteiger partial charge in [-0.25, -0.2) is 0 Å². The minimum absolute atomic E-state index is 0.120. The van der Waals surface area contributed by atoms with E-state index < -0.39 is 6.04 Å². The molecule has 0 aliphatic rings. The van der Waals surface area contributed by atoms with E-state index in [9.17, 15) is 14.7 Å². The van der Waals surface area contributed by atoms with Crippen LogP contribution in [0.1, 0.15) is 194 Å². The first-order valence-electron chi connectivity index (χ1n) is 18.2. The summed E-state index contributed by atoms with van der Waals surface area (Å²) in [6.07, 6.45) is 35.4. The van der Waals surface area contributed by atoms with Crippen LogP contribution in [-0.4, -0.2) is 48.1 Å². The Morgan fingerprint density at radius 2 is 0.854 bits per heavy atom. The Kier molecular flexibility index (Phi) is 31.0. The Morgan fingerprint density at radius 1 is 0.537 bits per heavy atom. The summed E-state index contributed by atoms with van der Waals surface area (Å²) in [7, 11) is 1.78. The fourth-order valence-corrected chi connectivity index (χ4v) is 5.68. The van der Waals surface area contributed by atoms with Crippen LogP contribution >= 0.6 is 0 Å². The number of rotatable bonds is 32. The van der Waals surface area contributed by atoms with Crippen LogP contribution in [-0.2, 0) is 9.59 Å². The molecule has 0 rings (SSSR count). The number of carbonyl (C=O) groups is 2. The van der Waals surface area contributed by atoms with E-state index in [0.717, 1.165) is 25.7 Å². The molecule has 5 nitrogen and oxygen atoms in total. The van der Waals surface area contributed by atoms with Crippen LogP contribution in [0.25, 0.3) is 0 Å². The summed E-state index contributed by atoms with van der Waals surface area (Å²) in [6, 6.07) is -0.818. The third-order valence-electron chi connectivity index (χ3n) is 8.55. The van der Waals surface area contributed by atoms with E-state index in [1.165, 1.54) is 148 Å². The van der Waals surface area contributed by atoms with E-state index in [2.05, 4.69) is 19.2 Å². The zero-order valence-corrected chi connectivity index (χ0v) is 28.0. The second-order valence-electron chi connectivity index (χ2n) is 12.7. The smallest absolute Gasteiger partial charge is 0.247 e. The van der Waals surface area contributed by atoms with Crippen LogP contribution in [0, 0.1) is 0 Å². The van der Waals surface area contributed by atoms with Gasteiger partial charge in [-0.05, 0) is 12.8 Å². The molecule has 2 amide bonds. The van der Waals surface area contributed by atoms with Gasteiger partial charge < -0.3 is 15.3 Å². The van der Waals surface area contributed by atoms with Crippen molar-refractivity contribution in [3.63, 3.8) is 0 Å². The van der Waals surface area contributed by atoms with Crippen molar-refractivity contribution >= 4 is 11.8 Å². The minimum Gasteiger partial charge on any atom is -0.394 e. The van der Waals surface area contributed by atoms with Crippen LogP contribution in [0.2, 0.25) is 0 Å². The molecule has 0 spiro atoms. The Hall–Kier alpha value is -1.10. The first kappa shape index (κ1) is 39.9. The lowest BCUT2D eigenvalue weighted by Crippen LogP contribution is -2.49. The number of carbonyl (C=O) groups excluding carboxylic acids is 2. The van der Waals surface area contributed by atoms with Gasteiger partial charge in [-0.2, -0.15) is 0 Å². The van der Waals surface area contributed by atoms with Gasteiger partial charge in [0.1, 0.15) is 6.04 Å². The molecular weight excluding hydrogens is 508 g/mol. The van der Waals surface area contributed by atoms with Crippen molar-refractivity contribution < 1.29 is 14.7 Å². The molecule has 0 aliphatic heterocycles. The fourth-order valence-electron chi connectivity index (χ4n) is 5.68. The average Bonchev–Trinajstić information content (AvgIpc) is 2.97. The molecule has 0 radical (unpaired) electrons. The zero-order chi connectivity index (χ0) is 30.2. The normalized spacial score (nSPS) is 12.0. The second-order valence-corrected chi connectivity index (χ2v) is 12.7. The van der Waals surface area contributed by atoms with Crippen molar-refractivity contribution in [2.75, 3.05) is 20.2 Å². The third-order valence-corrected chi connectivity index (χ3v) is 8.55.